The summed E-state index contributed by atoms with van der Waals surface area (Å²) in [7, 11) is 0. The molecular weight excluding hydrogens is 390 g/mol. The number of alkyl carbamates (subject to hydrolysis) is 1. The summed E-state index contributed by atoms with van der Waals surface area (Å²) in [4.78, 5) is 24.0. The Bertz CT molecular complexity index is 866. The third-order valence-electron chi connectivity index (χ3n) is 4.16. The van der Waals surface area contributed by atoms with Crippen LogP contribution in [0.5, 0.6) is 0 Å². The first-order valence-electron chi connectivity index (χ1n) is 9.88. The number of nitrogens with one attached hydrogen (secondary N) is 2. The number of rotatable bonds is 8. The predicted molar refractivity (Wildman–Crippen MR) is 111 cm³/mol. The van der Waals surface area contributed by atoms with Crippen molar-refractivity contribution in [3.63, 3.8) is 0 Å². The summed E-state index contributed by atoms with van der Waals surface area (Å²) in [6, 6.07) is 11.6. The summed E-state index contributed by atoms with van der Waals surface area (Å²) in [6.45, 7) is 5.60. The van der Waals surface area contributed by atoms with Crippen LogP contribution in [0.25, 0.3) is 0 Å². The Morgan fingerprint density at radius 2 is 1.70 bits per heavy atom. The molecule has 0 aliphatic carbocycles. The third-order valence-corrected chi connectivity index (χ3v) is 4.16. The van der Waals surface area contributed by atoms with Crippen LogP contribution in [0.3, 0.4) is 0 Å². The monoisotopic (exact) mass is 418 g/mol. The fourth-order valence-electron chi connectivity index (χ4n) is 2.90. The summed E-state index contributed by atoms with van der Waals surface area (Å²) in [5, 5.41) is 5.48. The van der Waals surface area contributed by atoms with Crippen LogP contribution in [0.1, 0.15) is 50.8 Å². The maximum Gasteiger partial charge on any atom is 0.407 e. The van der Waals surface area contributed by atoms with Crippen molar-refractivity contribution in [1.82, 2.24) is 10.6 Å². The molecule has 0 saturated carbocycles. The summed E-state index contributed by atoms with van der Waals surface area (Å²) in [5.41, 5.74) is 0.701. The number of carbonyl (C=O) groups is 2. The molecule has 30 heavy (non-hydrogen) atoms. The van der Waals surface area contributed by atoms with E-state index in [0.29, 0.717) is 24.0 Å². The van der Waals surface area contributed by atoms with Gasteiger partial charge >= 0.3 is 6.09 Å². The topological polar surface area (TPSA) is 67.4 Å². The van der Waals surface area contributed by atoms with Crippen LogP contribution in [-0.4, -0.2) is 24.1 Å². The molecule has 0 saturated heterocycles. The van der Waals surface area contributed by atoms with Gasteiger partial charge in [-0.15, -0.1) is 0 Å². The first-order chi connectivity index (χ1) is 14.1. The number of benzene rings is 2. The van der Waals surface area contributed by atoms with E-state index in [-0.39, 0.29) is 24.7 Å². The van der Waals surface area contributed by atoms with E-state index in [1.54, 1.807) is 45.0 Å². The smallest absolute Gasteiger partial charge is 0.407 e. The Hall–Kier alpha value is -2.96. The third kappa shape index (κ3) is 8.59. The summed E-state index contributed by atoms with van der Waals surface area (Å²) in [5.74, 6) is -1.02. The summed E-state index contributed by atoms with van der Waals surface area (Å²) < 4.78 is 32.4. The standard InChI is InChI=1S/C23H28F2N2O3/c1-23(2,3)30-22(29)26-12-6-11-21(28)27-20(17-8-5-10-19(25)15-17)14-16-7-4-9-18(24)13-16/h4-5,7-10,13,15,20H,6,11-12,14H2,1-3H3,(H,26,29)(H,27,28). The Balaban J connectivity index is 1.93. The highest BCUT2D eigenvalue weighted by Gasteiger charge is 2.18. The van der Waals surface area contributed by atoms with Crippen molar-refractivity contribution in [1.29, 1.82) is 0 Å². The normalized spacial score (nSPS) is 12.2. The van der Waals surface area contributed by atoms with E-state index in [1.807, 2.05) is 0 Å². The molecule has 0 aromatic heterocycles. The van der Waals surface area contributed by atoms with Crippen molar-refractivity contribution in [3.05, 3.63) is 71.3 Å². The van der Waals surface area contributed by atoms with Gasteiger partial charge in [0.25, 0.3) is 0 Å². The largest absolute Gasteiger partial charge is 0.444 e. The van der Waals surface area contributed by atoms with E-state index in [4.69, 9.17) is 4.74 Å². The average molecular weight is 418 g/mol. The first-order valence-corrected chi connectivity index (χ1v) is 9.88. The van der Waals surface area contributed by atoms with Crippen LogP contribution in [-0.2, 0) is 16.0 Å². The minimum Gasteiger partial charge on any atom is -0.444 e. The molecule has 2 aromatic carbocycles. The minimum absolute atomic E-state index is 0.171. The molecule has 5 nitrogen and oxygen atoms in total. The number of hydrogen-bond acceptors (Lipinski definition) is 3. The van der Waals surface area contributed by atoms with Gasteiger partial charge in [0.05, 0.1) is 6.04 Å². The lowest BCUT2D eigenvalue weighted by Gasteiger charge is -2.20. The highest BCUT2D eigenvalue weighted by atomic mass is 19.1. The lowest BCUT2D eigenvalue weighted by atomic mass is 9.98. The lowest BCUT2D eigenvalue weighted by Crippen LogP contribution is -2.34. The molecule has 0 fully saturated rings. The number of hydrogen-bond donors (Lipinski definition) is 2. The highest BCUT2D eigenvalue weighted by molar-refractivity contribution is 5.76. The van der Waals surface area contributed by atoms with Crippen molar-refractivity contribution in [2.24, 2.45) is 0 Å². The highest BCUT2D eigenvalue weighted by Crippen LogP contribution is 2.20. The molecule has 0 heterocycles. The predicted octanol–water partition coefficient (Wildman–Crippen LogP) is 4.67. The van der Waals surface area contributed by atoms with Gasteiger partial charge in [0.15, 0.2) is 0 Å². The Morgan fingerprint density at radius 1 is 1.03 bits per heavy atom. The number of carbonyl (C=O) groups excluding carboxylic acids is 2. The zero-order chi connectivity index (χ0) is 22.1. The number of amides is 2. The van der Waals surface area contributed by atoms with Crippen molar-refractivity contribution in [3.8, 4) is 0 Å². The van der Waals surface area contributed by atoms with Gasteiger partial charge in [-0.05, 0) is 69.0 Å². The number of halogens is 2. The summed E-state index contributed by atoms with van der Waals surface area (Å²) in [6.07, 6.45) is 0.376. The molecule has 0 aliphatic heterocycles. The maximum atomic E-state index is 13.7. The van der Waals surface area contributed by atoms with Crippen LogP contribution in [0.4, 0.5) is 13.6 Å². The Morgan fingerprint density at radius 3 is 2.33 bits per heavy atom. The van der Waals surface area contributed by atoms with Gasteiger partial charge in [0, 0.05) is 13.0 Å². The molecule has 1 unspecified atom stereocenters. The lowest BCUT2D eigenvalue weighted by molar-refractivity contribution is -0.121. The quantitative estimate of drug-likeness (QED) is 0.612. The van der Waals surface area contributed by atoms with Crippen LogP contribution in [0.2, 0.25) is 0 Å². The van der Waals surface area contributed by atoms with Gasteiger partial charge in [-0.25, -0.2) is 13.6 Å². The first kappa shape index (κ1) is 23.3. The van der Waals surface area contributed by atoms with Gasteiger partial charge in [-0.3, -0.25) is 4.79 Å². The molecule has 1 atom stereocenters. The molecule has 2 amide bonds. The molecule has 2 rings (SSSR count). The van der Waals surface area contributed by atoms with Crippen LogP contribution >= 0.6 is 0 Å². The maximum absolute atomic E-state index is 13.7. The van der Waals surface area contributed by atoms with E-state index in [2.05, 4.69) is 10.6 Å². The fraction of sp³-hybridized carbons (Fsp3) is 0.391. The SMILES string of the molecule is CC(C)(C)OC(=O)NCCCC(=O)NC(Cc1cccc(F)c1)c1cccc(F)c1. The van der Waals surface area contributed by atoms with Crippen LogP contribution in [0, 0.1) is 11.6 Å². The van der Waals surface area contributed by atoms with Crippen molar-refractivity contribution >= 4 is 12.0 Å². The van der Waals surface area contributed by atoms with Gasteiger partial charge < -0.3 is 15.4 Å². The fourth-order valence-corrected chi connectivity index (χ4v) is 2.90. The average Bonchev–Trinajstić information content (AvgIpc) is 2.63. The molecule has 2 N–H and O–H groups in total. The summed E-state index contributed by atoms with van der Waals surface area (Å²) >= 11 is 0. The van der Waals surface area contributed by atoms with E-state index >= 15 is 0 Å². The molecular formula is C23H28F2N2O3. The van der Waals surface area contributed by atoms with Crippen molar-refractivity contribution in [2.45, 2.75) is 51.7 Å². The van der Waals surface area contributed by atoms with E-state index in [9.17, 15) is 18.4 Å². The van der Waals surface area contributed by atoms with Gasteiger partial charge in [-0.2, -0.15) is 0 Å². The zero-order valence-electron chi connectivity index (χ0n) is 17.5. The van der Waals surface area contributed by atoms with Gasteiger partial charge in [-0.1, -0.05) is 24.3 Å². The van der Waals surface area contributed by atoms with Crippen molar-refractivity contribution < 1.29 is 23.1 Å². The minimum atomic E-state index is -0.587. The molecule has 0 radical (unpaired) electrons. The second kappa shape index (κ2) is 10.7. The van der Waals surface area contributed by atoms with Crippen molar-refractivity contribution in [2.75, 3.05) is 6.54 Å². The van der Waals surface area contributed by atoms with Crippen LogP contribution in [0.15, 0.2) is 48.5 Å². The Labute approximate surface area is 175 Å². The molecule has 0 bridgehead atoms. The number of ether oxygens (including phenoxy) is 1. The van der Waals surface area contributed by atoms with E-state index < -0.39 is 23.6 Å². The molecule has 7 heteroatoms. The molecule has 2 aromatic rings. The Kier molecular flexibility index (Phi) is 8.33. The molecule has 0 spiro atoms. The molecule has 0 aliphatic rings. The zero-order valence-corrected chi connectivity index (χ0v) is 17.5. The van der Waals surface area contributed by atoms with Gasteiger partial charge in [0.1, 0.15) is 17.2 Å². The van der Waals surface area contributed by atoms with E-state index in [1.165, 1.54) is 24.3 Å². The van der Waals surface area contributed by atoms with Crippen LogP contribution < -0.4 is 10.6 Å². The molecule has 162 valence electrons. The van der Waals surface area contributed by atoms with Gasteiger partial charge in [0.2, 0.25) is 5.91 Å². The second-order valence-corrected chi connectivity index (χ2v) is 8.04. The van der Waals surface area contributed by atoms with E-state index in [0.717, 1.165) is 0 Å². The second-order valence-electron chi connectivity index (χ2n) is 8.04.